The molecule has 0 unspecified atom stereocenters. The number of carbonyl (C=O) groups is 1. The van der Waals surface area contributed by atoms with E-state index in [0.717, 1.165) is 5.56 Å². The van der Waals surface area contributed by atoms with Crippen molar-refractivity contribution in [3.63, 3.8) is 0 Å². The Kier molecular flexibility index (Phi) is 4.88. The zero-order valence-corrected chi connectivity index (χ0v) is 12.3. The van der Waals surface area contributed by atoms with E-state index < -0.39 is 11.7 Å². The highest BCUT2D eigenvalue weighted by molar-refractivity contribution is 5.90. The molecule has 1 aromatic heterocycles. The number of ether oxygens (including phenoxy) is 1. The van der Waals surface area contributed by atoms with Crippen molar-refractivity contribution in [1.82, 2.24) is 10.2 Å². The largest absolute Gasteiger partial charge is 0.488 e. The minimum absolute atomic E-state index is 0.0856. The van der Waals surface area contributed by atoms with Gasteiger partial charge in [-0.25, -0.2) is 4.39 Å². The fourth-order valence-corrected chi connectivity index (χ4v) is 1.75. The Morgan fingerprint density at radius 3 is 2.64 bits per heavy atom. The van der Waals surface area contributed by atoms with Crippen LogP contribution >= 0.6 is 0 Å². The Balaban J connectivity index is 1.99. The maximum Gasteiger partial charge on any atom is 0.269 e. The van der Waals surface area contributed by atoms with Gasteiger partial charge in [-0.15, -0.1) is 10.2 Å². The van der Waals surface area contributed by atoms with Crippen LogP contribution in [0.2, 0.25) is 0 Å². The second kappa shape index (κ2) is 6.84. The fourth-order valence-electron chi connectivity index (χ4n) is 1.75. The van der Waals surface area contributed by atoms with Crippen molar-refractivity contribution in [1.29, 1.82) is 0 Å². The standard InChI is InChI=1S/C15H17FN4O2/c1-9(2)22-13-5-3-10(7-11(13)16)8-18-14-6-4-12(15(17)21)19-20-14/h3-7,9H,8H2,1-2H3,(H2,17,21)(H,18,20). The Labute approximate surface area is 127 Å². The van der Waals surface area contributed by atoms with Crippen LogP contribution in [0.1, 0.15) is 29.9 Å². The molecule has 0 aliphatic rings. The topological polar surface area (TPSA) is 90.1 Å². The highest BCUT2D eigenvalue weighted by Crippen LogP contribution is 2.20. The molecule has 1 heterocycles. The average molecular weight is 304 g/mol. The number of halogens is 1. The van der Waals surface area contributed by atoms with Crippen LogP contribution in [0.15, 0.2) is 30.3 Å². The lowest BCUT2D eigenvalue weighted by atomic mass is 10.2. The number of primary amides is 1. The molecule has 2 aromatic rings. The number of nitrogens with two attached hydrogens (primary N) is 1. The Hall–Kier alpha value is -2.70. The molecule has 1 aromatic carbocycles. The van der Waals surface area contributed by atoms with Gasteiger partial charge < -0.3 is 15.8 Å². The van der Waals surface area contributed by atoms with E-state index >= 15 is 0 Å². The molecule has 7 heteroatoms. The first-order valence-corrected chi connectivity index (χ1v) is 6.78. The van der Waals surface area contributed by atoms with E-state index in [-0.39, 0.29) is 17.5 Å². The maximum atomic E-state index is 13.8. The predicted octanol–water partition coefficient (Wildman–Crippen LogP) is 2.11. The highest BCUT2D eigenvalue weighted by atomic mass is 19.1. The number of aromatic nitrogens is 2. The normalized spacial score (nSPS) is 10.5. The summed E-state index contributed by atoms with van der Waals surface area (Å²) in [6, 6.07) is 7.81. The number of hydrogen-bond donors (Lipinski definition) is 2. The van der Waals surface area contributed by atoms with Crippen LogP contribution in [-0.4, -0.2) is 22.2 Å². The predicted molar refractivity (Wildman–Crippen MR) is 80.0 cm³/mol. The molecule has 1 amide bonds. The first-order chi connectivity index (χ1) is 10.5. The third-order valence-corrected chi connectivity index (χ3v) is 2.75. The fraction of sp³-hybridized carbons (Fsp3) is 0.267. The molecule has 22 heavy (non-hydrogen) atoms. The van der Waals surface area contributed by atoms with Gasteiger partial charge in [0.25, 0.3) is 5.91 Å². The van der Waals surface area contributed by atoms with E-state index in [0.29, 0.717) is 12.4 Å². The van der Waals surface area contributed by atoms with Crippen molar-refractivity contribution in [3.8, 4) is 5.75 Å². The van der Waals surface area contributed by atoms with Crippen molar-refractivity contribution in [2.24, 2.45) is 5.73 Å². The second-order valence-electron chi connectivity index (χ2n) is 4.95. The summed E-state index contributed by atoms with van der Waals surface area (Å²) in [6.07, 6.45) is -0.0856. The van der Waals surface area contributed by atoms with Gasteiger partial charge in [0, 0.05) is 6.54 Å². The monoisotopic (exact) mass is 304 g/mol. The summed E-state index contributed by atoms with van der Waals surface area (Å²) in [4.78, 5) is 10.9. The van der Waals surface area contributed by atoms with Gasteiger partial charge in [0.2, 0.25) is 0 Å². The smallest absolute Gasteiger partial charge is 0.269 e. The summed E-state index contributed by atoms with van der Waals surface area (Å²) in [5.74, 6) is -0.359. The molecule has 0 saturated carbocycles. The number of anilines is 1. The molecule has 0 bridgehead atoms. The molecule has 116 valence electrons. The number of nitrogens with one attached hydrogen (secondary N) is 1. The van der Waals surface area contributed by atoms with Gasteiger partial charge >= 0.3 is 0 Å². The lowest BCUT2D eigenvalue weighted by Crippen LogP contribution is -2.14. The zero-order valence-electron chi connectivity index (χ0n) is 12.3. The minimum Gasteiger partial charge on any atom is -0.488 e. The summed E-state index contributed by atoms with van der Waals surface area (Å²) in [7, 11) is 0. The van der Waals surface area contributed by atoms with E-state index in [1.807, 2.05) is 13.8 Å². The zero-order chi connectivity index (χ0) is 16.1. The summed E-state index contributed by atoms with van der Waals surface area (Å²) < 4.78 is 19.2. The van der Waals surface area contributed by atoms with Crippen molar-refractivity contribution in [2.75, 3.05) is 5.32 Å². The molecule has 0 radical (unpaired) electrons. The van der Waals surface area contributed by atoms with Crippen LogP contribution in [0.3, 0.4) is 0 Å². The van der Waals surface area contributed by atoms with Crippen LogP contribution in [0.4, 0.5) is 10.2 Å². The third kappa shape index (κ3) is 4.15. The highest BCUT2D eigenvalue weighted by Gasteiger charge is 2.07. The van der Waals surface area contributed by atoms with Gasteiger partial charge in [-0.05, 0) is 43.7 Å². The molecule has 2 rings (SSSR count). The van der Waals surface area contributed by atoms with E-state index in [2.05, 4.69) is 15.5 Å². The quantitative estimate of drug-likeness (QED) is 0.853. The van der Waals surface area contributed by atoms with E-state index in [4.69, 9.17) is 10.5 Å². The summed E-state index contributed by atoms with van der Waals surface area (Å²) >= 11 is 0. The SMILES string of the molecule is CC(C)Oc1ccc(CNc2ccc(C(N)=O)nn2)cc1F. The lowest BCUT2D eigenvalue weighted by molar-refractivity contribution is 0.0994. The molecule has 0 atom stereocenters. The van der Waals surface area contributed by atoms with E-state index in [1.165, 1.54) is 12.1 Å². The van der Waals surface area contributed by atoms with Gasteiger partial charge in [0.05, 0.1) is 6.10 Å². The maximum absolute atomic E-state index is 13.8. The number of nitrogens with zero attached hydrogens (tertiary/aromatic N) is 2. The molecule has 0 aliphatic carbocycles. The first kappa shape index (κ1) is 15.7. The van der Waals surface area contributed by atoms with Crippen molar-refractivity contribution in [2.45, 2.75) is 26.5 Å². The number of amides is 1. The number of rotatable bonds is 6. The van der Waals surface area contributed by atoms with Crippen LogP contribution in [-0.2, 0) is 6.54 Å². The lowest BCUT2D eigenvalue weighted by Gasteiger charge is -2.12. The van der Waals surface area contributed by atoms with Gasteiger partial charge in [0.1, 0.15) is 5.82 Å². The molecule has 0 saturated heterocycles. The van der Waals surface area contributed by atoms with Crippen molar-refractivity contribution in [3.05, 3.63) is 47.4 Å². The summed E-state index contributed by atoms with van der Waals surface area (Å²) in [6.45, 7) is 4.04. The van der Waals surface area contributed by atoms with Gasteiger partial charge in [-0.2, -0.15) is 0 Å². The molecular formula is C15H17FN4O2. The second-order valence-corrected chi connectivity index (χ2v) is 4.95. The molecule has 6 nitrogen and oxygen atoms in total. The molecular weight excluding hydrogens is 287 g/mol. The molecule has 0 spiro atoms. The first-order valence-electron chi connectivity index (χ1n) is 6.78. The summed E-state index contributed by atoms with van der Waals surface area (Å²) in [5, 5.41) is 10.5. The van der Waals surface area contributed by atoms with Crippen LogP contribution in [0.5, 0.6) is 5.75 Å². The van der Waals surface area contributed by atoms with Crippen LogP contribution < -0.4 is 15.8 Å². The number of hydrogen-bond acceptors (Lipinski definition) is 5. The van der Waals surface area contributed by atoms with Crippen molar-refractivity contribution < 1.29 is 13.9 Å². The third-order valence-electron chi connectivity index (χ3n) is 2.75. The average Bonchev–Trinajstić information content (AvgIpc) is 2.47. The van der Waals surface area contributed by atoms with E-state index in [9.17, 15) is 9.18 Å². The van der Waals surface area contributed by atoms with Gasteiger partial charge in [-0.1, -0.05) is 6.07 Å². The van der Waals surface area contributed by atoms with Gasteiger partial charge in [-0.3, -0.25) is 4.79 Å². The van der Waals surface area contributed by atoms with Crippen molar-refractivity contribution >= 4 is 11.7 Å². The minimum atomic E-state index is -0.637. The summed E-state index contributed by atoms with van der Waals surface area (Å²) in [5.41, 5.74) is 5.90. The number of carbonyl (C=O) groups excluding carboxylic acids is 1. The van der Waals surface area contributed by atoms with Crippen LogP contribution in [0, 0.1) is 5.82 Å². The number of benzene rings is 1. The molecule has 0 fully saturated rings. The Morgan fingerprint density at radius 2 is 2.09 bits per heavy atom. The Morgan fingerprint density at radius 1 is 1.32 bits per heavy atom. The van der Waals surface area contributed by atoms with E-state index in [1.54, 1.807) is 18.2 Å². The van der Waals surface area contributed by atoms with Gasteiger partial charge in [0.15, 0.2) is 17.3 Å². The molecule has 3 N–H and O–H groups in total. The molecule has 0 aliphatic heterocycles. The Bertz CT molecular complexity index is 659. The van der Waals surface area contributed by atoms with Crippen LogP contribution in [0.25, 0.3) is 0 Å².